The Bertz CT molecular complexity index is 1360. The summed E-state index contributed by atoms with van der Waals surface area (Å²) >= 11 is 0. The molecule has 0 radical (unpaired) electrons. The normalized spacial score (nSPS) is 10.9. The molecule has 4 aromatic rings. The van der Waals surface area contributed by atoms with E-state index in [1.807, 2.05) is 30.3 Å². The number of carbonyl (C=O) groups is 1. The van der Waals surface area contributed by atoms with Gasteiger partial charge in [0.25, 0.3) is 11.5 Å². The molecular weight excluding hydrogens is 426 g/mol. The van der Waals surface area contributed by atoms with Crippen LogP contribution in [0, 0.1) is 4.91 Å². The smallest absolute Gasteiger partial charge is 0.263 e. The predicted molar refractivity (Wildman–Crippen MR) is 136 cm³/mol. The minimum atomic E-state index is -0.454. The maximum atomic E-state index is 13.4. The van der Waals surface area contributed by atoms with Gasteiger partial charge in [-0.3, -0.25) is 9.59 Å². The SMILES string of the molecule is CCc1ccc(CCn2c(=O)c(C(=O)NCCc3ccccc3)cc3c(N=O)cccc32)cc1. The van der Waals surface area contributed by atoms with E-state index in [-0.39, 0.29) is 16.8 Å². The lowest BCUT2D eigenvalue weighted by Crippen LogP contribution is -2.34. The Morgan fingerprint density at radius 1 is 0.882 bits per heavy atom. The third-order valence-corrected chi connectivity index (χ3v) is 6.06. The van der Waals surface area contributed by atoms with Gasteiger partial charge in [-0.2, -0.15) is 0 Å². The van der Waals surface area contributed by atoms with E-state index in [1.165, 1.54) is 11.6 Å². The summed E-state index contributed by atoms with van der Waals surface area (Å²) in [6.07, 6.45) is 2.24. The first-order chi connectivity index (χ1) is 16.6. The van der Waals surface area contributed by atoms with Crippen molar-refractivity contribution in [1.82, 2.24) is 9.88 Å². The molecule has 4 rings (SSSR count). The number of rotatable bonds is 9. The molecule has 34 heavy (non-hydrogen) atoms. The van der Waals surface area contributed by atoms with Crippen LogP contribution in [-0.2, 0) is 25.8 Å². The van der Waals surface area contributed by atoms with Gasteiger partial charge >= 0.3 is 0 Å². The Morgan fingerprint density at radius 3 is 2.29 bits per heavy atom. The molecule has 0 fully saturated rings. The standard InChI is InChI=1S/C28H27N3O3/c1-2-20-11-13-22(14-12-20)16-18-31-26-10-6-9-25(30-34)23(26)19-24(28(31)33)27(32)29-17-15-21-7-4-3-5-8-21/h3-14,19H,2,15-18H2,1H3,(H,29,32). The average molecular weight is 454 g/mol. The number of carbonyl (C=O) groups excluding carboxylic acids is 1. The predicted octanol–water partition coefficient (Wildman–Crippen LogP) is 5.18. The summed E-state index contributed by atoms with van der Waals surface area (Å²) in [7, 11) is 0. The van der Waals surface area contributed by atoms with Crippen LogP contribution in [0.5, 0.6) is 0 Å². The van der Waals surface area contributed by atoms with E-state index < -0.39 is 5.91 Å². The summed E-state index contributed by atoms with van der Waals surface area (Å²) in [4.78, 5) is 37.8. The van der Waals surface area contributed by atoms with Crippen molar-refractivity contribution in [2.75, 3.05) is 6.54 Å². The number of aromatic nitrogens is 1. The first-order valence-corrected chi connectivity index (χ1v) is 11.5. The topological polar surface area (TPSA) is 80.5 Å². The van der Waals surface area contributed by atoms with E-state index in [0.717, 1.165) is 17.5 Å². The van der Waals surface area contributed by atoms with Crippen molar-refractivity contribution in [3.63, 3.8) is 0 Å². The fourth-order valence-corrected chi connectivity index (χ4v) is 4.09. The molecular formula is C28H27N3O3. The molecule has 0 spiro atoms. The summed E-state index contributed by atoms with van der Waals surface area (Å²) in [5.41, 5.74) is 3.88. The minimum Gasteiger partial charge on any atom is -0.352 e. The van der Waals surface area contributed by atoms with Crippen LogP contribution in [0.15, 0.2) is 88.8 Å². The van der Waals surface area contributed by atoms with Gasteiger partial charge in [0, 0.05) is 18.5 Å². The zero-order chi connectivity index (χ0) is 23.9. The van der Waals surface area contributed by atoms with E-state index in [4.69, 9.17) is 0 Å². The lowest BCUT2D eigenvalue weighted by molar-refractivity contribution is 0.0952. The fourth-order valence-electron chi connectivity index (χ4n) is 4.09. The fraction of sp³-hybridized carbons (Fsp3) is 0.214. The maximum Gasteiger partial charge on any atom is 0.263 e. The van der Waals surface area contributed by atoms with Gasteiger partial charge in [0.15, 0.2) is 0 Å². The number of hydrogen-bond donors (Lipinski definition) is 1. The molecule has 1 N–H and O–H groups in total. The molecule has 0 aliphatic rings. The molecule has 0 unspecified atom stereocenters. The number of amides is 1. The highest BCUT2D eigenvalue weighted by atomic mass is 16.3. The second-order valence-corrected chi connectivity index (χ2v) is 8.23. The van der Waals surface area contributed by atoms with Crippen LogP contribution in [0.2, 0.25) is 0 Å². The molecule has 1 aromatic heterocycles. The number of pyridine rings is 1. The van der Waals surface area contributed by atoms with Gasteiger partial charge < -0.3 is 9.88 Å². The van der Waals surface area contributed by atoms with Gasteiger partial charge in [0.05, 0.1) is 5.52 Å². The Kier molecular flexibility index (Phi) is 7.28. The highest BCUT2D eigenvalue weighted by molar-refractivity contribution is 6.00. The van der Waals surface area contributed by atoms with Crippen molar-refractivity contribution in [1.29, 1.82) is 0 Å². The van der Waals surface area contributed by atoms with Crippen LogP contribution < -0.4 is 10.9 Å². The first-order valence-electron chi connectivity index (χ1n) is 11.5. The van der Waals surface area contributed by atoms with Crippen molar-refractivity contribution in [2.24, 2.45) is 5.18 Å². The average Bonchev–Trinajstić information content (AvgIpc) is 2.88. The third-order valence-electron chi connectivity index (χ3n) is 6.06. The Balaban J connectivity index is 1.63. The summed E-state index contributed by atoms with van der Waals surface area (Å²) in [5.74, 6) is -0.454. The second kappa shape index (κ2) is 10.7. The van der Waals surface area contributed by atoms with E-state index >= 15 is 0 Å². The molecule has 172 valence electrons. The second-order valence-electron chi connectivity index (χ2n) is 8.23. The molecule has 3 aromatic carbocycles. The van der Waals surface area contributed by atoms with Crippen molar-refractivity contribution >= 4 is 22.5 Å². The van der Waals surface area contributed by atoms with Crippen LogP contribution in [0.25, 0.3) is 10.9 Å². The van der Waals surface area contributed by atoms with Crippen LogP contribution >= 0.6 is 0 Å². The summed E-state index contributed by atoms with van der Waals surface area (Å²) < 4.78 is 1.57. The van der Waals surface area contributed by atoms with Crippen LogP contribution in [0.4, 0.5) is 5.69 Å². The van der Waals surface area contributed by atoms with E-state index in [1.54, 1.807) is 22.8 Å². The van der Waals surface area contributed by atoms with Gasteiger partial charge in [-0.1, -0.05) is 67.6 Å². The van der Waals surface area contributed by atoms with Gasteiger partial charge in [-0.25, -0.2) is 0 Å². The Labute approximate surface area is 198 Å². The lowest BCUT2D eigenvalue weighted by Gasteiger charge is -2.14. The van der Waals surface area contributed by atoms with E-state index in [2.05, 4.69) is 41.7 Å². The third kappa shape index (κ3) is 5.12. The van der Waals surface area contributed by atoms with Gasteiger partial charge in [-0.05, 0) is 59.3 Å². The number of nitrogens with zero attached hydrogens (tertiary/aromatic N) is 2. The van der Waals surface area contributed by atoms with Crippen molar-refractivity contribution in [3.8, 4) is 0 Å². The summed E-state index contributed by atoms with van der Waals surface area (Å²) in [6.45, 7) is 2.89. The van der Waals surface area contributed by atoms with E-state index in [9.17, 15) is 14.5 Å². The van der Waals surface area contributed by atoms with Gasteiger partial charge in [0.2, 0.25) is 0 Å². The molecule has 1 heterocycles. The zero-order valence-electron chi connectivity index (χ0n) is 19.2. The molecule has 0 saturated heterocycles. The molecule has 0 bridgehead atoms. The molecule has 0 atom stereocenters. The molecule has 0 saturated carbocycles. The largest absolute Gasteiger partial charge is 0.352 e. The van der Waals surface area contributed by atoms with Crippen LogP contribution in [0.3, 0.4) is 0 Å². The lowest BCUT2D eigenvalue weighted by atomic mass is 10.1. The summed E-state index contributed by atoms with van der Waals surface area (Å²) in [5, 5.41) is 6.45. The quantitative estimate of drug-likeness (QED) is 0.355. The van der Waals surface area contributed by atoms with Crippen LogP contribution in [0.1, 0.15) is 34.0 Å². The number of hydrogen-bond acceptors (Lipinski definition) is 4. The Hall–Kier alpha value is -4.06. The number of benzene rings is 3. The highest BCUT2D eigenvalue weighted by Gasteiger charge is 2.17. The molecule has 1 amide bonds. The number of aryl methyl sites for hydroxylation is 3. The van der Waals surface area contributed by atoms with Crippen molar-refractivity contribution < 1.29 is 4.79 Å². The number of nitroso groups, excluding NO2 is 1. The van der Waals surface area contributed by atoms with Crippen LogP contribution in [-0.4, -0.2) is 17.0 Å². The zero-order valence-corrected chi connectivity index (χ0v) is 19.2. The monoisotopic (exact) mass is 453 g/mol. The first kappa shape index (κ1) is 23.1. The molecule has 0 aliphatic carbocycles. The van der Waals surface area contributed by atoms with Gasteiger partial charge in [-0.15, -0.1) is 4.91 Å². The molecule has 6 nitrogen and oxygen atoms in total. The highest BCUT2D eigenvalue weighted by Crippen LogP contribution is 2.26. The van der Waals surface area contributed by atoms with Crippen molar-refractivity contribution in [2.45, 2.75) is 32.7 Å². The molecule has 0 aliphatic heterocycles. The number of nitrogens with one attached hydrogen (secondary N) is 1. The molecule has 6 heteroatoms. The maximum absolute atomic E-state index is 13.4. The van der Waals surface area contributed by atoms with Crippen molar-refractivity contribution in [3.05, 3.63) is 116 Å². The number of fused-ring (bicyclic) bond motifs is 1. The minimum absolute atomic E-state index is 0.0120. The van der Waals surface area contributed by atoms with Gasteiger partial charge in [0.1, 0.15) is 11.3 Å². The van der Waals surface area contributed by atoms with E-state index in [0.29, 0.717) is 36.8 Å². The summed E-state index contributed by atoms with van der Waals surface area (Å²) in [6, 6.07) is 24.7. The Morgan fingerprint density at radius 2 is 1.59 bits per heavy atom.